The lowest BCUT2D eigenvalue weighted by atomic mass is 10.1. The predicted octanol–water partition coefficient (Wildman–Crippen LogP) is 4.86. The molecule has 0 spiro atoms. The van der Waals surface area contributed by atoms with Crippen LogP contribution >= 0.6 is 11.6 Å². The third-order valence-corrected chi connectivity index (χ3v) is 6.20. The maximum atomic E-state index is 13.9. The topological polar surface area (TPSA) is 66.5 Å². The Labute approximate surface area is 180 Å². The predicted molar refractivity (Wildman–Crippen MR) is 116 cm³/mol. The van der Waals surface area contributed by atoms with Crippen molar-refractivity contribution in [3.05, 3.63) is 94.3 Å². The third-order valence-electron chi connectivity index (χ3n) is 4.56. The van der Waals surface area contributed by atoms with Crippen LogP contribution in [0.5, 0.6) is 0 Å². The van der Waals surface area contributed by atoms with Crippen LogP contribution in [0.1, 0.15) is 21.5 Å². The van der Waals surface area contributed by atoms with Crippen molar-refractivity contribution in [2.75, 3.05) is 11.8 Å². The number of amides is 1. The summed E-state index contributed by atoms with van der Waals surface area (Å²) in [6.07, 6.45) is 0. The van der Waals surface area contributed by atoms with E-state index in [1.54, 1.807) is 44.3 Å². The first-order valence-electron chi connectivity index (χ1n) is 9.05. The van der Waals surface area contributed by atoms with Gasteiger partial charge in [0.1, 0.15) is 5.82 Å². The molecule has 0 aliphatic carbocycles. The van der Waals surface area contributed by atoms with Crippen molar-refractivity contribution in [3.8, 4) is 0 Å². The van der Waals surface area contributed by atoms with Crippen LogP contribution in [0.25, 0.3) is 0 Å². The first kappa shape index (κ1) is 21.8. The number of nitrogens with zero attached hydrogens (tertiary/aromatic N) is 1. The lowest BCUT2D eigenvalue weighted by Gasteiger charge is -2.19. The number of sulfonamides is 1. The van der Waals surface area contributed by atoms with Crippen molar-refractivity contribution in [2.24, 2.45) is 0 Å². The van der Waals surface area contributed by atoms with E-state index >= 15 is 0 Å². The highest BCUT2D eigenvalue weighted by Gasteiger charge is 2.18. The minimum Gasteiger partial charge on any atom is -0.337 e. The van der Waals surface area contributed by atoms with Crippen molar-refractivity contribution in [3.63, 3.8) is 0 Å². The molecule has 0 saturated carbocycles. The van der Waals surface area contributed by atoms with Gasteiger partial charge >= 0.3 is 0 Å². The summed E-state index contributed by atoms with van der Waals surface area (Å²) in [5.41, 5.74) is 1.62. The second-order valence-corrected chi connectivity index (χ2v) is 8.96. The fraction of sp³-hybridized carbons (Fsp3) is 0.136. The van der Waals surface area contributed by atoms with Crippen LogP contribution < -0.4 is 4.72 Å². The lowest BCUT2D eigenvalue weighted by Crippen LogP contribution is -2.27. The molecule has 0 heterocycles. The number of hydrogen-bond donors (Lipinski definition) is 1. The molecule has 0 aromatic heterocycles. The Balaban J connectivity index is 1.83. The van der Waals surface area contributed by atoms with Gasteiger partial charge in [0, 0.05) is 29.7 Å². The van der Waals surface area contributed by atoms with Gasteiger partial charge in [0.15, 0.2) is 0 Å². The van der Waals surface area contributed by atoms with Crippen LogP contribution in [0, 0.1) is 12.7 Å². The zero-order valence-electron chi connectivity index (χ0n) is 16.4. The zero-order valence-corrected chi connectivity index (χ0v) is 18.0. The average molecular weight is 447 g/mol. The van der Waals surface area contributed by atoms with Crippen LogP contribution in [-0.4, -0.2) is 26.3 Å². The minimum atomic E-state index is -3.85. The second kappa shape index (κ2) is 8.85. The summed E-state index contributed by atoms with van der Waals surface area (Å²) in [5, 5.41) is 0.426. The summed E-state index contributed by atoms with van der Waals surface area (Å²) in [5.74, 6) is -0.748. The molecule has 8 heteroatoms. The number of benzene rings is 3. The maximum Gasteiger partial charge on any atom is 0.261 e. The quantitative estimate of drug-likeness (QED) is 0.588. The van der Waals surface area contributed by atoms with Crippen LogP contribution in [0.15, 0.2) is 71.6 Å². The molecule has 1 N–H and O–H groups in total. The molecule has 0 bridgehead atoms. The fourth-order valence-electron chi connectivity index (χ4n) is 2.86. The van der Waals surface area contributed by atoms with Crippen molar-refractivity contribution in [2.45, 2.75) is 18.4 Å². The van der Waals surface area contributed by atoms with Gasteiger partial charge in [-0.1, -0.05) is 35.9 Å². The van der Waals surface area contributed by atoms with Crippen molar-refractivity contribution >= 4 is 33.2 Å². The Morgan fingerprint density at radius 1 is 1.07 bits per heavy atom. The smallest absolute Gasteiger partial charge is 0.261 e. The van der Waals surface area contributed by atoms with Gasteiger partial charge in [-0.3, -0.25) is 9.52 Å². The van der Waals surface area contributed by atoms with Crippen LogP contribution in [0.4, 0.5) is 10.1 Å². The van der Waals surface area contributed by atoms with E-state index in [0.717, 1.165) is 0 Å². The highest BCUT2D eigenvalue weighted by Crippen LogP contribution is 2.23. The molecular formula is C22H20ClFN2O3S. The summed E-state index contributed by atoms with van der Waals surface area (Å²) in [6.45, 7) is 1.82. The number of carbonyl (C=O) groups is 1. The lowest BCUT2D eigenvalue weighted by molar-refractivity contribution is 0.0784. The van der Waals surface area contributed by atoms with E-state index in [0.29, 0.717) is 16.1 Å². The summed E-state index contributed by atoms with van der Waals surface area (Å²) >= 11 is 5.82. The van der Waals surface area contributed by atoms with Crippen LogP contribution in [-0.2, 0) is 16.6 Å². The highest BCUT2D eigenvalue weighted by molar-refractivity contribution is 7.92. The van der Waals surface area contributed by atoms with Gasteiger partial charge in [-0.25, -0.2) is 12.8 Å². The highest BCUT2D eigenvalue weighted by atomic mass is 35.5. The molecular weight excluding hydrogens is 427 g/mol. The van der Waals surface area contributed by atoms with Crippen molar-refractivity contribution in [1.29, 1.82) is 0 Å². The summed E-state index contributed by atoms with van der Waals surface area (Å²) < 4.78 is 41.7. The monoisotopic (exact) mass is 446 g/mol. The zero-order chi connectivity index (χ0) is 21.9. The molecule has 3 aromatic rings. The molecule has 3 aromatic carbocycles. The summed E-state index contributed by atoms with van der Waals surface area (Å²) in [7, 11) is -2.29. The summed E-state index contributed by atoms with van der Waals surface area (Å²) in [6, 6.07) is 16.7. The molecule has 30 heavy (non-hydrogen) atoms. The maximum absolute atomic E-state index is 13.9. The Morgan fingerprint density at radius 3 is 2.40 bits per heavy atom. The van der Waals surface area contributed by atoms with Gasteiger partial charge in [0.2, 0.25) is 0 Å². The van der Waals surface area contributed by atoms with Gasteiger partial charge in [0.05, 0.1) is 10.6 Å². The number of anilines is 1. The average Bonchev–Trinajstić information content (AvgIpc) is 2.71. The molecule has 0 fully saturated rings. The number of hydrogen-bond acceptors (Lipinski definition) is 3. The fourth-order valence-corrected chi connectivity index (χ4v) is 4.10. The number of rotatable bonds is 6. The molecule has 0 radical (unpaired) electrons. The number of nitrogens with one attached hydrogen (secondary N) is 1. The SMILES string of the molecule is Cc1ccc(C(=O)N(C)Cc2ccccc2F)cc1NS(=O)(=O)c1ccc(Cl)cc1. The molecule has 0 unspecified atom stereocenters. The van der Waals surface area contributed by atoms with Crippen molar-refractivity contribution in [1.82, 2.24) is 4.90 Å². The Bertz CT molecular complexity index is 1180. The first-order valence-corrected chi connectivity index (χ1v) is 10.9. The normalized spacial score (nSPS) is 11.2. The molecule has 0 atom stereocenters. The van der Waals surface area contributed by atoms with Gasteiger partial charge in [-0.05, 0) is 55.0 Å². The second-order valence-electron chi connectivity index (χ2n) is 6.84. The minimum absolute atomic E-state index is 0.0553. The van der Waals surface area contributed by atoms with E-state index in [4.69, 9.17) is 11.6 Å². The Kier molecular flexibility index (Phi) is 6.43. The molecule has 3 rings (SSSR count). The largest absolute Gasteiger partial charge is 0.337 e. The standard InChI is InChI=1S/C22H20ClFN2O3S/c1-15-7-8-16(22(27)26(2)14-17-5-3-4-6-20(17)24)13-21(15)25-30(28,29)19-11-9-18(23)10-12-19/h3-13,25H,14H2,1-2H3. The van der Waals surface area contributed by atoms with Crippen LogP contribution in [0.2, 0.25) is 5.02 Å². The van der Waals surface area contributed by atoms with E-state index in [1.165, 1.54) is 41.3 Å². The number of aryl methyl sites for hydroxylation is 1. The van der Waals surface area contributed by atoms with Crippen LogP contribution in [0.3, 0.4) is 0 Å². The van der Waals surface area contributed by atoms with Gasteiger partial charge < -0.3 is 4.90 Å². The van der Waals surface area contributed by atoms with Gasteiger partial charge in [-0.15, -0.1) is 0 Å². The Hall–Kier alpha value is -2.90. The van der Waals surface area contributed by atoms with E-state index < -0.39 is 15.8 Å². The van der Waals surface area contributed by atoms with E-state index in [1.807, 2.05) is 0 Å². The molecule has 0 aliphatic heterocycles. The molecule has 5 nitrogen and oxygen atoms in total. The van der Waals surface area contributed by atoms with E-state index in [-0.39, 0.29) is 28.6 Å². The molecule has 0 saturated heterocycles. The number of halogens is 2. The number of carbonyl (C=O) groups excluding carboxylic acids is 1. The van der Waals surface area contributed by atoms with Gasteiger partial charge in [0.25, 0.3) is 15.9 Å². The first-order chi connectivity index (χ1) is 14.2. The third kappa shape index (κ3) is 4.98. The van der Waals surface area contributed by atoms with Crippen molar-refractivity contribution < 1.29 is 17.6 Å². The van der Waals surface area contributed by atoms with E-state index in [9.17, 15) is 17.6 Å². The summed E-state index contributed by atoms with van der Waals surface area (Å²) in [4.78, 5) is 14.2. The van der Waals surface area contributed by atoms with E-state index in [2.05, 4.69) is 4.72 Å². The molecule has 156 valence electrons. The Morgan fingerprint density at radius 2 is 1.73 bits per heavy atom. The van der Waals surface area contributed by atoms with Gasteiger partial charge in [-0.2, -0.15) is 0 Å². The molecule has 0 aliphatic rings. The molecule has 1 amide bonds.